The molecule has 90 valence electrons. The quantitative estimate of drug-likeness (QED) is 0.642. The fraction of sp³-hybridized carbons (Fsp3) is 0.600. The highest BCUT2D eigenvalue weighted by Gasteiger charge is 2.21. The van der Waals surface area contributed by atoms with Gasteiger partial charge >= 0.3 is 0 Å². The molecule has 0 aliphatic heterocycles. The smallest absolute Gasteiger partial charge is 0.105 e. The van der Waals surface area contributed by atoms with Crippen molar-refractivity contribution in [2.24, 2.45) is 0 Å². The molecule has 1 nitrogen and oxygen atoms in total. The summed E-state index contributed by atoms with van der Waals surface area (Å²) in [5.74, 6) is 0. The highest BCUT2D eigenvalue weighted by molar-refractivity contribution is 5.26. The molecule has 0 saturated carbocycles. The lowest BCUT2D eigenvalue weighted by Crippen LogP contribution is -2.46. The number of rotatable bonds is 6. The van der Waals surface area contributed by atoms with Crippen LogP contribution < -0.4 is 0 Å². The molecule has 1 aromatic rings. The van der Waals surface area contributed by atoms with E-state index in [4.69, 9.17) is 0 Å². The van der Waals surface area contributed by atoms with E-state index in [1.165, 1.54) is 41.8 Å². The van der Waals surface area contributed by atoms with Crippen molar-refractivity contribution in [2.45, 2.75) is 40.7 Å². The summed E-state index contributed by atoms with van der Waals surface area (Å²) >= 11 is 0. The van der Waals surface area contributed by atoms with E-state index in [2.05, 4.69) is 52.0 Å². The zero-order valence-electron chi connectivity index (χ0n) is 11.3. The first-order chi connectivity index (χ1) is 7.71. The Bertz CT molecular complexity index is 305. The normalized spacial score (nSPS) is 11.8. The third-order valence-corrected chi connectivity index (χ3v) is 4.02. The summed E-state index contributed by atoms with van der Waals surface area (Å²) in [5, 5.41) is 0. The summed E-state index contributed by atoms with van der Waals surface area (Å²) in [5.41, 5.74) is 3.05. The molecule has 0 aliphatic rings. The maximum atomic E-state index is 2.31. The molecule has 1 heteroatoms. The number of aryl methyl sites for hydroxylation is 1. The molecule has 0 aliphatic carbocycles. The van der Waals surface area contributed by atoms with Crippen LogP contribution in [0.15, 0.2) is 24.3 Å². The van der Waals surface area contributed by atoms with Crippen LogP contribution in [0.2, 0.25) is 0 Å². The number of hydrogen-bond donors (Lipinski definition) is 0. The van der Waals surface area contributed by atoms with Gasteiger partial charge in [0, 0.05) is 5.56 Å². The lowest BCUT2D eigenvalue weighted by molar-refractivity contribution is -0.936. The maximum absolute atomic E-state index is 2.31. The summed E-state index contributed by atoms with van der Waals surface area (Å²) in [7, 11) is 0. The van der Waals surface area contributed by atoms with E-state index in [1.807, 2.05) is 0 Å². The molecule has 0 spiro atoms. The van der Waals surface area contributed by atoms with Crippen molar-refractivity contribution >= 4 is 0 Å². The molecule has 0 radical (unpaired) electrons. The van der Waals surface area contributed by atoms with Crippen LogP contribution in [0.25, 0.3) is 0 Å². The van der Waals surface area contributed by atoms with Gasteiger partial charge in [0.25, 0.3) is 0 Å². The Labute approximate surface area is 101 Å². The minimum atomic E-state index is 1.15. The topological polar surface area (TPSA) is 0 Å². The molecule has 0 bridgehead atoms. The van der Waals surface area contributed by atoms with Gasteiger partial charge in [-0.25, -0.2) is 0 Å². The second kappa shape index (κ2) is 6.05. The Hall–Kier alpha value is -0.820. The van der Waals surface area contributed by atoms with Gasteiger partial charge in [-0.05, 0) is 32.8 Å². The van der Waals surface area contributed by atoms with E-state index in [1.54, 1.807) is 0 Å². The molecule has 1 rings (SSSR count). The van der Waals surface area contributed by atoms with Crippen LogP contribution in [-0.2, 0) is 13.0 Å². The molecule has 1 aromatic carbocycles. The molecular weight excluding hydrogens is 194 g/mol. The van der Waals surface area contributed by atoms with Gasteiger partial charge in [0.1, 0.15) is 6.54 Å². The van der Waals surface area contributed by atoms with Crippen molar-refractivity contribution in [3.8, 4) is 0 Å². The van der Waals surface area contributed by atoms with Gasteiger partial charge in [0.2, 0.25) is 0 Å². The minimum absolute atomic E-state index is 1.15. The molecule has 0 unspecified atom stereocenters. The number of nitrogens with zero attached hydrogens (tertiary/aromatic N) is 1. The first-order valence-corrected chi connectivity index (χ1v) is 6.63. The molecule has 0 fully saturated rings. The third kappa shape index (κ3) is 2.85. The summed E-state index contributed by atoms with van der Waals surface area (Å²) < 4.78 is 1.21. The van der Waals surface area contributed by atoms with Gasteiger partial charge in [0.15, 0.2) is 0 Å². The van der Waals surface area contributed by atoms with Gasteiger partial charge in [-0.3, -0.25) is 0 Å². The van der Waals surface area contributed by atoms with Gasteiger partial charge in [-0.2, -0.15) is 0 Å². The van der Waals surface area contributed by atoms with Crippen molar-refractivity contribution in [3.05, 3.63) is 35.4 Å². The summed E-state index contributed by atoms with van der Waals surface area (Å²) in [6, 6.07) is 8.89. The molecule has 0 atom stereocenters. The Kier molecular flexibility index (Phi) is 5.01. The average Bonchev–Trinajstić information content (AvgIpc) is 2.36. The van der Waals surface area contributed by atoms with E-state index >= 15 is 0 Å². The average molecular weight is 220 g/mol. The SMILES string of the molecule is CCc1ccccc1C[N+](CC)(CC)CC. The van der Waals surface area contributed by atoms with E-state index in [-0.39, 0.29) is 0 Å². The van der Waals surface area contributed by atoms with Crippen LogP contribution in [0.1, 0.15) is 38.8 Å². The summed E-state index contributed by atoms with van der Waals surface area (Å²) in [4.78, 5) is 0. The molecule has 0 N–H and O–H groups in total. The zero-order valence-corrected chi connectivity index (χ0v) is 11.3. The Morgan fingerprint density at radius 3 is 1.75 bits per heavy atom. The predicted molar refractivity (Wildman–Crippen MR) is 71.4 cm³/mol. The van der Waals surface area contributed by atoms with Crippen LogP contribution in [0, 0.1) is 0 Å². The number of quaternary nitrogens is 1. The van der Waals surface area contributed by atoms with Crippen molar-refractivity contribution in [2.75, 3.05) is 19.6 Å². The molecule has 0 amide bonds. The lowest BCUT2D eigenvalue weighted by atomic mass is 10.0. The first-order valence-electron chi connectivity index (χ1n) is 6.63. The first kappa shape index (κ1) is 13.2. The van der Waals surface area contributed by atoms with Crippen LogP contribution in [-0.4, -0.2) is 24.1 Å². The minimum Gasteiger partial charge on any atom is -0.321 e. The summed E-state index contributed by atoms with van der Waals surface area (Å²) in [6.07, 6.45) is 1.15. The predicted octanol–water partition coefficient (Wildman–Crippen LogP) is 3.63. The Balaban J connectivity index is 2.93. The van der Waals surface area contributed by atoms with E-state index < -0.39 is 0 Å². The van der Waals surface area contributed by atoms with Crippen LogP contribution in [0.4, 0.5) is 0 Å². The summed E-state index contributed by atoms with van der Waals surface area (Å²) in [6.45, 7) is 14.0. The molecule has 16 heavy (non-hydrogen) atoms. The van der Waals surface area contributed by atoms with Gasteiger partial charge in [-0.15, -0.1) is 0 Å². The monoisotopic (exact) mass is 220 g/mol. The van der Waals surface area contributed by atoms with Crippen molar-refractivity contribution < 1.29 is 4.48 Å². The fourth-order valence-electron chi connectivity index (χ4n) is 2.42. The largest absolute Gasteiger partial charge is 0.321 e. The standard InChI is InChI=1S/C15H26N/c1-5-14-11-9-10-12-15(14)13-16(6-2,7-3)8-4/h9-12H,5-8,13H2,1-4H3/q+1. The van der Waals surface area contributed by atoms with Crippen LogP contribution >= 0.6 is 0 Å². The van der Waals surface area contributed by atoms with Crippen molar-refractivity contribution in [1.29, 1.82) is 0 Å². The van der Waals surface area contributed by atoms with E-state index in [0.29, 0.717) is 0 Å². The lowest BCUT2D eigenvalue weighted by Gasteiger charge is -2.36. The van der Waals surface area contributed by atoms with Crippen molar-refractivity contribution in [3.63, 3.8) is 0 Å². The van der Waals surface area contributed by atoms with E-state index in [0.717, 1.165) is 6.42 Å². The zero-order chi connectivity index (χ0) is 12.0. The van der Waals surface area contributed by atoms with Gasteiger partial charge < -0.3 is 4.48 Å². The maximum Gasteiger partial charge on any atom is 0.105 e. The van der Waals surface area contributed by atoms with Crippen molar-refractivity contribution in [1.82, 2.24) is 0 Å². The third-order valence-electron chi connectivity index (χ3n) is 4.02. The molecule has 0 aromatic heterocycles. The van der Waals surface area contributed by atoms with Gasteiger partial charge in [0.05, 0.1) is 19.6 Å². The Morgan fingerprint density at radius 2 is 1.31 bits per heavy atom. The highest BCUT2D eigenvalue weighted by Crippen LogP contribution is 2.18. The van der Waals surface area contributed by atoms with Crippen LogP contribution in [0.3, 0.4) is 0 Å². The van der Waals surface area contributed by atoms with Gasteiger partial charge in [-0.1, -0.05) is 31.2 Å². The van der Waals surface area contributed by atoms with E-state index in [9.17, 15) is 0 Å². The second-order valence-electron chi connectivity index (χ2n) is 4.57. The fourth-order valence-corrected chi connectivity index (χ4v) is 2.42. The molecular formula is C15H26N+. The Morgan fingerprint density at radius 1 is 0.812 bits per heavy atom. The number of hydrogen-bond acceptors (Lipinski definition) is 0. The number of benzene rings is 1. The molecule has 0 heterocycles. The van der Waals surface area contributed by atoms with Crippen LogP contribution in [0.5, 0.6) is 0 Å². The second-order valence-corrected chi connectivity index (χ2v) is 4.57. The highest BCUT2D eigenvalue weighted by atomic mass is 15.3. The molecule has 0 saturated heterocycles.